The zero-order valence-electron chi connectivity index (χ0n) is 12.7. The Bertz CT molecular complexity index is 409. The topological polar surface area (TPSA) is 74.0 Å². The molecule has 21 heavy (non-hydrogen) atoms. The first kappa shape index (κ1) is 17.4. The smallest absolute Gasteiger partial charge is 0.252 e. The van der Waals surface area contributed by atoms with E-state index in [4.69, 9.17) is 19.9 Å². The maximum atomic E-state index is 11.9. The van der Waals surface area contributed by atoms with Gasteiger partial charge in [0.2, 0.25) is 0 Å². The van der Waals surface area contributed by atoms with Crippen LogP contribution in [0.25, 0.3) is 0 Å². The van der Waals surface area contributed by atoms with Crippen molar-refractivity contribution < 1.29 is 19.0 Å². The lowest BCUT2D eigenvalue weighted by atomic mass is 10.2. The van der Waals surface area contributed by atoms with Crippen molar-refractivity contribution in [1.82, 2.24) is 0 Å². The number of nitrogens with two attached hydrogens (primary N) is 1. The van der Waals surface area contributed by atoms with Crippen LogP contribution in [0.4, 0.5) is 11.4 Å². The Morgan fingerprint density at radius 3 is 2.43 bits per heavy atom. The molecule has 1 aromatic rings. The monoisotopic (exact) mass is 296 g/mol. The average molecular weight is 296 g/mol. The van der Waals surface area contributed by atoms with E-state index in [0.29, 0.717) is 32.1 Å². The standard InChI is InChI=1S/C15H24N2O4/c1-17(14-6-4-13(16)5-7-14)15(18)12-21-11-10-20-9-3-8-19-2/h4-7H,3,8-12,16H2,1-2H3. The highest BCUT2D eigenvalue weighted by Crippen LogP contribution is 2.14. The molecule has 0 heterocycles. The second-order valence-corrected chi connectivity index (χ2v) is 4.56. The molecule has 0 unspecified atom stereocenters. The van der Waals surface area contributed by atoms with Gasteiger partial charge >= 0.3 is 0 Å². The minimum absolute atomic E-state index is 0.0301. The minimum Gasteiger partial charge on any atom is -0.399 e. The number of hydrogen-bond acceptors (Lipinski definition) is 5. The number of methoxy groups -OCH3 is 1. The lowest BCUT2D eigenvalue weighted by Gasteiger charge is -2.17. The van der Waals surface area contributed by atoms with Gasteiger partial charge in [0, 0.05) is 38.7 Å². The summed E-state index contributed by atoms with van der Waals surface area (Å²) in [5, 5.41) is 0. The first-order valence-corrected chi connectivity index (χ1v) is 6.91. The van der Waals surface area contributed by atoms with Crippen LogP contribution in [0.5, 0.6) is 0 Å². The number of carbonyl (C=O) groups excluding carboxylic acids is 1. The molecule has 0 aromatic heterocycles. The Morgan fingerprint density at radius 2 is 1.76 bits per heavy atom. The molecule has 1 amide bonds. The summed E-state index contributed by atoms with van der Waals surface area (Å²) in [5.41, 5.74) is 7.06. The summed E-state index contributed by atoms with van der Waals surface area (Å²) >= 11 is 0. The van der Waals surface area contributed by atoms with Crippen molar-refractivity contribution in [2.24, 2.45) is 0 Å². The number of rotatable bonds is 10. The van der Waals surface area contributed by atoms with E-state index in [9.17, 15) is 4.79 Å². The third-order valence-corrected chi connectivity index (χ3v) is 2.89. The van der Waals surface area contributed by atoms with E-state index >= 15 is 0 Å². The van der Waals surface area contributed by atoms with Gasteiger partial charge in [-0.1, -0.05) is 0 Å². The van der Waals surface area contributed by atoms with Crippen LogP contribution < -0.4 is 10.6 Å². The highest BCUT2D eigenvalue weighted by molar-refractivity contribution is 5.93. The van der Waals surface area contributed by atoms with Crippen molar-refractivity contribution in [2.75, 3.05) is 57.8 Å². The summed E-state index contributed by atoms with van der Waals surface area (Å²) in [6.45, 7) is 2.22. The minimum atomic E-state index is -0.112. The van der Waals surface area contributed by atoms with Crippen LogP contribution in [0.1, 0.15) is 6.42 Å². The number of hydrogen-bond donors (Lipinski definition) is 1. The lowest BCUT2D eigenvalue weighted by Crippen LogP contribution is -2.30. The summed E-state index contributed by atoms with van der Waals surface area (Å²) in [6.07, 6.45) is 0.856. The molecule has 1 rings (SSSR count). The Labute approximate surface area is 125 Å². The number of ether oxygens (including phenoxy) is 3. The molecular formula is C15H24N2O4. The number of nitrogen functional groups attached to an aromatic ring is 1. The van der Waals surface area contributed by atoms with Crippen molar-refractivity contribution in [3.63, 3.8) is 0 Å². The van der Waals surface area contributed by atoms with Crippen molar-refractivity contribution in [2.45, 2.75) is 6.42 Å². The Morgan fingerprint density at radius 1 is 1.10 bits per heavy atom. The molecule has 118 valence electrons. The highest BCUT2D eigenvalue weighted by Gasteiger charge is 2.10. The van der Waals surface area contributed by atoms with E-state index in [2.05, 4.69) is 0 Å². The fourth-order valence-electron chi connectivity index (χ4n) is 1.62. The Balaban J connectivity index is 2.14. The van der Waals surface area contributed by atoms with Crippen LogP contribution in [-0.4, -0.2) is 53.1 Å². The van der Waals surface area contributed by atoms with Crippen molar-refractivity contribution in [3.8, 4) is 0 Å². The van der Waals surface area contributed by atoms with Gasteiger partial charge in [0.05, 0.1) is 13.2 Å². The van der Waals surface area contributed by atoms with Gasteiger partial charge in [-0.2, -0.15) is 0 Å². The summed E-state index contributed by atoms with van der Waals surface area (Å²) in [7, 11) is 3.37. The summed E-state index contributed by atoms with van der Waals surface area (Å²) in [6, 6.07) is 7.11. The number of likely N-dealkylation sites (N-methyl/N-ethyl adjacent to an activating group) is 1. The Hall–Kier alpha value is -1.63. The van der Waals surface area contributed by atoms with Crippen LogP contribution in [0, 0.1) is 0 Å². The summed E-state index contributed by atoms with van der Waals surface area (Å²) < 4.78 is 15.5. The van der Waals surface area contributed by atoms with Gasteiger partial charge in [-0.15, -0.1) is 0 Å². The fourth-order valence-corrected chi connectivity index (χ4v) is 1.62. The maximum Gasteiger partial charge on any atom is 0.252 e. The Kier molecular flexibility index (Phi) is 8.42. The van der Waals surface area contributed by atoms with Gasteiger partial charge < -0.3 is 24.8 Å². The van der Waals surface area contributed by atoms with Gasteiger partial charge in [-0.3, -0.25) is 4.79 Å². The van der Waals surface area contributed by atoms with Crippen LogP contribution in [0.2, 0.25) is 0 Å². The molecule has 0 saturated heterocycles. The first-order valence-electron chi connectivity index (χ1n) is 6.91. The molecule has 0 aliphatic heterocycles. The van der Waals surface area contributed by atoms with E-state index in [-0.39, 0.29) is 12.5 Å². The molecule has 0 spiro atoms. The maximum absolute atomic E-state index is 11.9. The van der Waals surface area contributed by atoms with Gasteiger partial charge in [0.1, 0.15) is 6.61 Å². The molecule has 0 radical (unpaired) electrons. The molecule has 0 saturated carbocycles. The second-order valence-electron chi connectivity index (χ2n) is 4.56. The summed E-state index contributed by atoms with van der Waals surface area (Å²) in [4.78, 5) is 13.5. The van der Waals surface area contributed by atoms with E-state index in [1.165, 1.54) is 0 Å². The quantitative estimate of drug-likeness (QED) is 0.520. The predicted molar refractivity (Wildman–Crippen MR) is 82.4 cm³/mol. The number of carbonyl (C=O) groups is 1. The van der Waals surface area contributed by atoms with Crippen molar-refractivity contribution in [3.05, 3.63) is 24.3 Å². The van der Waals surface area contributed by atoms with E-state index in [1.807, 2.05) is 0 Å². The largest absolute Gasteiger partial charge is 0.399 e. The third kappa shape index (κ3) is 7.08. The van der Waals surface area contributed by atoms with E-state index < -0.39 is 0 Å². The lowest BCUT2D eigenvalue weighted by molar-refractivity contribution is -0.123. The molecular weight excluding hydrogens is 272 g/mol. The van der Waals surface area contributed by atoms with Crippen LogP contribution >= 0.6 is 0 Å². The van der Waals surface area contributed by atoms with E-state index in [1.54, 1.807) is 43.3 Å². The molecule has 6 nitrogen and oxygen atoms in total. The van der Waals surface area contributed by atoms with Crippen LogP contribution in [0.15, 0.2) is 24.3 Å². The van der Waals surface area contributed by atoms with Crippen LogP contribution in [-0.2, 0) is 19.0 Å². The fraction of sp³-hybridized carbons (Fsp3) is 0.533. The van der Waals surface area contributed by atoms with Gasteiger partial charge in [-0.05, 0) is 30.7 Å². The van der Waals surface area contributed by atoms with Gasteiger partial charge in [-0.25, -0.2) is 0 Å². The molecule has 6 heteroatoms. The second kappa shape index (κ2) is 10.1. The molecule has 1 aromatic carbocycles. The van der Waals surface area contributed by atoms with E-state index in [0.717, 1.165) is 12.1 Å². The molecule has 0 aliphatic rings. The molecule has 0 fully saturated rings. The first-order chi connectivity index (χ1) is 10.1. The van der Waals surface area contributed by atoms with Crippen LogP contribution in [0.3, 0.4) is 0 Å². The van der Waals surface area contributed by atoms with Gasteiger partial charge in [0.15, 0.2) is 0 Å². The zero-order chi connectivity index (χ0) is 15.5. The number of benzene rings is 1. The van der Waals surface area contributed by atoms with Gasteiger partial charge in [0.25, 0.3) is 5.91 Å². The highest BCUT2D eigenvalue weighted by atomic mass is 16.5. The normalized spacial score (nSPS) is 10.6. The van der Waals surface area contributed by atoms with Crippen molar-refractivity contribution >= 4 is 17.3 Å². The number of amides is 1. The summed E-state index contributed by atoms with van der Waals surface area (Å²) in [5.74, 6) is -0.112. The zero-order valence-corrected chi connectivity index (χ0v) is 12.7. The predicted octanol–water partition coefficient (Wildman–Crippen LogP) is 1.30. The molecule has 0 aliphatic carbocycles. The third-order valence-electron chi connectivity index (χ3n) is 2.89. The van der Waals surface area contributed by atoms with Crippen molar-refractivity contribution in [1.29, 1.82) is 0 Å². The number of nitrogens with zero attached hydrogens (tertiary/aromatic N) is 1. The molecule has 0 atom stereocenters. The average Bonchev–Trinajstić information content (AvgIpc) is 2.49. The SMILES string of the molecule is COCCCOCCOCC(=O)N(C)c1ccc(N)cc1. The number of anilines is 2. The molecule has 0 bridgehead atoms. The molecule has 2 N–H and O–H groups in total.